The van der Waals surface area contributed by atoms with Crippen LogP contribution in [0.2, 0.25) is 5.02 Å². The number of carbonyl (C=O) groups is 1. The Bertz CT molecular complexity index is 712. The molecule has 1 aliphatic heterocycles. The third kappa shape index (κ3) is 2.95. The van der Waals surface area contributed by atoms with Crippen molar-refractivity contribution >= 4 is 17.5 Å². The molecule has 0 aromatic heterocycles. The van der Waals surface area contributed by atoms with Crippen LogP contribution in [0.4, 0.5) is 0 Å². The van der Waals surface area contributed by atoms with Crippen molar-refractivity contribution in [1.29, 1.82) is 0 Å². The van der Waals surface area contributed by atoms with Gasteiger partial charge in [0, 0.05) is 12.0 Å². The van der Waals surface area contributed by atoms with E-state index in [0.29, 0.717) is 17.0 Å². The van der Waals surface area contributed by atoms with E-state index in [9.17, 15) is 4.79 Å². The van der Waals surface area contributed by atoms with E-state index in [1.807, 2.05) is 50.2 Å². The molecule has 114 valence electrons. The van der Waals surface area contributed by atoms with Crippen molar-refractivity contribution < 1.29 is 9.53 Å². The number of nitrogens with one attached hydrogen (secondary N) is 1. The SMILES string of the molecule is CC1(C)CC(NC(=O)c2ccccc2Cl)c2ccccc2O1. The topological polar surface area (TPSA) is 38.3 Å². The van der Waals surface area contributed by atoms with Gasteiger partial charge < -0.3 is 10.1 Å². The molecule has 0 fully saturated rings. The summed E-state index contributed by atoms with van der Waals surface area (Å²) in [5.41, 5.74) is 1.17. The molecule has 3 rings (SSSR count). The standard InChI is InChI=1S/C18H18ClNO2/c1-18(2)11-15(13-8-4-6-10-16(13)22-18)20-17(21)12-7-3-5-9-14(12)19/h3-10,15H,11H2,1-2H3,(H,20,21). The van der Waals surface area contributed by atoms with Crippen LogP contribution in [0, 0.1) is 0 Å². The quantitative estimate of drug-likeness (QED) is 0.893. The fourth-order valence-electron chi connectivity index (χ4n) is 2.81. The predicted octanol–water partition coefficient (Wildman–Crippen LogP) is 4.37. The second-order valence-corrected chi connectivity index (χ2v) is 6.52. The number of rotatable bonds is 2. The number of hydrogen-bond donors (Lipinski definition) is 1. The lowest BCUT2D eigenvalue weighted by molar-refractivity contribution is 0.0620. The maximum atomic E-state index is 12.5. The average molecular weight is 316 g/mol. The average Bonchev–Trinajstić information content (AvgIpc) is 2.46. The Hall–Kier alpha value is -2.00. The van der Waals surface area contributed by atoms with Crippen molar-refractivity contribution in [1.82, 2.24) is 5.32 Å². The van der Waals surface area contributed by atoms with Gasteiger partial charge in [0.25, 0.3) is 5.91 Å². The largest absolute Gasteiger partial charge is 0.487 e. The van der Waals surface area contributed by atoms with Crippen LogP contribution in [0.25, 0.3) is 0 Å². The molecule has 1 aliphatic rings. The lowest BCUT2D eigenvalue weighted by atomic mass is 9.89. The predicted molar refractivity (Wildman–Crippen MR) is 87.4 cm³/mol. The zero-order chi connectivity index (χ0) is 15.7. The van der Waals surface area contributed by atoms with E-state index in [1.165, 1.54) is 0 Å². The van der Waals surface area contributed by atoms with Gasteiger partial charge in [0.05, 0.1) is 16.6 Å². The Morgan fingerprint density at radius 2 is 1.86 bits per heavy atom. The molecule has 0 radical (unpaired) electrons. The molecule has 0 spiro atoms. The van der Waals surface area contributed by atoms with Crippen LogP contribution in [0.15, 0.2) is 48.5 Å². The summed E-state index contributed by atoms with van der Waals surface area (Å²) < 4.78 is 5.98. The second kappa shape index (κ2) is 5.65. The first-order valence-corrected chi connectivity index (χ1v) is 7.67. The van der Waals surface area contributed by atoms with Crippen LogP contribution in [-0.4, -0.2) is 11.5 Å². The van der Waals surface area contributed by atoms with Crippen LogP contribution >= 0.6 is 11.6 Å². The summed E-state index contributed by atoms with van der Waals surface area (Å²) in [7, 11) is 0. The minimum Gasteiger partial charge on any atom is -0.487 e. The second-order valence-electron chi connectivity index (χ2n) is 6.11. The van der Waals surface area contributed by atoms with Crippen LogP contribution in [0.3, 0.4) is 0 Å². The third-order valence-electron chi connectivity index (χ3n) is 3.80. The van der Waals surface area contributed by atoms with Gasteiger partial charge >= 0.3 is 0 Å². The summed E-state index contributed by atoms with van der Waals surface area (Å²) >= 11 is 6.11. The fourth-order valence-corrected chi connectivity index (χ4v) is 3.03. The Morgan fingerprint density at radius 1 is 1.18 bits per heavy atom. The van der Waals surface area contributed by atoms with Gasteiger partial charge in [-0.3, -0.25) is 4.79 Å². The van der Waals surface area contributed by atoms with Gasteiger partial charge in [0.2, 0.25) is 0 Å². The van der Waals surface area contributed by atoms with Gasteiger partial charge in [-0.25, -0.2) is 0 Å². The molecule has 4 heteroatoms. The zero-order valence-electron chi connectivity index (χ0n) is 12.6. The van der Waals surface area contributed by atoms with Crippen LogP contribution in [-0.2, 0) is 0 Å². The first-order valence-electron chi connectivity index (χ1n) is 7.30. The van der Waals surface area contributed by atoms with Gasteiger partial charge in [0.15, 0.2) is 0 Å². The molecule has 0 saturated carbocycles. The number of amides is 1. The van der Waals surface area contributed by atoms with E-state index in [-0.39, 0.29) is 17.6 Å². The molecule has 1 unspecified atom stereocenters. The number of fused-ring (bicyclic) bond motifs is 1. The minimum atomic E-state index is -0.327. The van der Waals surface area contributed by atoms with Crippen LogP contribution < -0.4 is 10.1 Å². The first kappa shape index (κ1) is 14.9. The first-order chi connectivity index (χ1) is 10.5. The van der Waals surface area contributed by atoms with Crippen molar-refractivity contribution in [3.8, 4) is 5.75 Å². The molecule has 0 saturated heterocycles. The number of para-hydroxylation sites is 1. The number of carbonyl (C=O) groups excluding carboxylic acids is 1. The molecular formula is C18H18ClNO2. The van der Waals surface area contributed by atoms with E-state index in [1.54, 1.807) is 12.1 Å². The molecule has 0 bridgehead atoms. The maximum absolute atomic E-state index is 12.5. The molecule has 3 nitrogen and oxygen atoms in total. The summed E-state index contributed by atoms with van der Waals surface area (Å²) in [5.74, 6) is 0.659. The van der Waals surface area contributed by atoms with Crippen molar-refractivity contribution in [3.05, 3.63) is 64.7 Å². The summed E-state index contributed by atoms with van der Waals surface area (Å²) in [5, 5.41) is 3.54. The Balaban J connectivity index is 1.89. The van der Waals surface area contributed by atoms with E-state index in [0.717, 1.165) is 11.3 Å². The highest BCUT2D eigenvalue weighted by Gasteiger charge is 2.34. The Kier molecular flexibility index (Phi) is 3.83. The van der Waals surface area contributed by atoms with E-state index >= 15 is 0 Å². The molecule has 1 N–H and O–H groups in total. The van der Waals surface area contributed by atoms with E-state index < -0.39 is 0 Å². The monoisotopic (exact) mass is 315 g/mol. The van der Waals surface area contributed by atoms with Gasteiger partial charge in [-0.2, -0.15) is 0 Å². The highest BCUT2D eigenvalue weighted by molar-refractivity contribution is 6.33. The molecule has 2 aromatic rings. The number of halogens is 1. The molecule has 1 amide bonds. The number of hydrogen-bond acceptors (Lipinski definition) is 2. The normalized spacial score (nSPS) is 19.0. The van der Waals surface area contributed by atoms with Gasteiger partial charge in [-0.15, -0.1) is 0 Å². The summed E-state index contributed by atoms with van der Waals surface area (Å²) in [6, 6.07) is 14.8. The highest BCUT2D eigenvalue weighted by atomic mass is 35.5. The van der Waals surface area contributed by atoms with E-state index in [4.69, 9.17) is 16.3 Å². The number of ether oxygens (including phenoxy) is 1. The molecule has 22 heavy (non-hydrogen) atoms. The minimum absolute atomic E-state index is 0.0938. The molecule has 2 aromatic carbocycles. The van der Waals surface area contributed by atoms with Gasteiger partial charge in [-0.05, 0) is 32.0 Å². The summed E-state index contributed by atoms with van der Waals surface area (Å²) in [6.45, 7) is 4.05. The van der Waals surface area contributed by atoms with Crippen LogP contribution in [0.5, 0.6) is 5.75 Å². The summed E-state index contributed by atoms with van der Waals surface area (Å²) in [6.07, 6.45) is 0.709. The molecule has 1 heterocycles. The lowest BCUT2D eigenvalue weighted by Crippen LogP contribution is -2.41. The third-order valence-corrected chi connectivity index (χ3v) is 4.13. The summed E-state index contributed by atoms with van der Waals surface area (Å²) in [4.78, 5) is 12.5. The zero-order valence-corrected chi connectivity index (χ0v) is 13.4. The smallest absolute Gasteiger partial charge is 0.253 e. The highest BCUT2D eigenvalue weighted by Crippen LogP contribution is 2.39. The Morgan fingerprint density at radius 3 is 2.64 bits per heavy atom. The molecule has 0 aliphatic carbocycles. The van der Waals surface area contributed by atoms with Crippen molar-refractivity contribution in [2.75, 3.05) is 0 Å². The van der Waals surface area contributed by atoms with E-state index in [2.05, 4.69) is 5.32 Å². The molecular weight excluding hydrogens is 298 g/mol. The fraction of sp³-hybridized carbons (Fsp3) is 0.278. The number of benzene rings is 2. The van der Waals surface area contributed by atoms with Gasteiger partial charge in [0.1, 0.15) is 11.4 Å². The Labute approximate surface area is 135 Å². The van der Waals surface area contributed by atoms with Crippen molar-refractivity contribution in [2.45, 2.75) is 31.9 Å². The maximum Gasteiger partial charge on any atom is 0.253 e. The van der Waals surface area contributed by atoms with Crippen LogP contribution in [0.1, 0.15) is 42.2 Å². The molecule has 1 atom stereocenters. The van der Waals surface area contributed by atoms with Crippen molar-refractivity contribution in [2.24, 2.45) is 0 Å². The van der Waals surface area contributed by atoms with Gasteiger partial charge in [-0.1, -0.05) is 41.9 Å². The lowest BCUT2D eigenvalue weighted by Gasteiger charge is -2.37. The van der Waals surface area contributed by atoms with Crippen molar-refractivity contribution in [3.63, 3.8) is 0 Å².